The Morgan fingerprint density at radius 1 is 1.75 bits per heavy atom. The van der Waals surface area contributed by atoms with Crippen molar-refractivity contribution < 1.29 is 0 Å². The fourth-order valence-corrected chi connectivity index (χ4v) is 0.786. The van der Waals surface area contributed by atoms with Gasteiger partial charge in [-0.15, -0.1) is 0 Å². The summed E-state index contributed by atoms with van der Waals surface area (Å²) in [7, 11) is 1.91. The van der Waals surface area contributed by atoms with Crippen molar-refractivity contribution in [2.75, 3.05) is 7.05 Å². The highest BCUT2D eigenvalue weighted by atomic mass is 15.2. The topological polar surface area (TPSA) is 36.4 Å². The Bertz CT molecular complexity index is 99.8. The number of nitrogens with zero attached hydrogens (tertiary/aromatic N) is 1. The second-order valence-electron chi connectivity index (χ2n) is 1.97. The summed E-state index contributed by atoms with van der Waals surface area (Å²) in [5.41, 5.74) is 0. The summed E-state index contributed by atoms with van der Waals surface area (Å²) in [5.74, 6) is 0. The lowest BCUT2D eigenvalue weighted by molar-refractivity contribution is 0.504. The van der Waals surface area contributed by atoms with E-state index in [1.807, 2.05) is 7.05 Å². The third-order valence-electron chi connectivity index (χ3n) is 1.34. The Morgan fingerprint density at radius 2 is 2.50 bits per heavy atom. The maximum Gasteiger partial charge on any atom is 0.121 e. The monoisotopic (exact) mass is 113 g/mol. The van der Waals surface area contributed by atoms with Gasteiger partial charge in [-0.2, -0.15) is 0 Å². The van der Waals surface area contributed by atoms with Crippen LogP contribution in [0.3, 0.4) is 0 Å². The van der Waals surface area contributed by atoms with Gasteiger partial charge < -0.3 is 5.32 Å². The molecule has 2 N–H and O–H groups in total. The first-order valence-electron chi connectivity index (χ1n) is 2.79. The van der Waals surface area contributed by atoms with Gasteiger partial charge in [0.25, 0.3) is 0 Å². The highest BCUT2D eigenvalue weighted by Crippen LogP contribution is 1.96. The lowest BCUT2D eigenvalue weighted by Gasteiger charge is -2.10. The van der Waals surface area contributed by atoms with Crippen LogP contribution in [0.1, 0.15) is 6.92 Å². The van der Waals surface area contributed by atoms with Crippen LogP contribution in [0.4, 0.5) is 0 Å². The zero-order chi connectivity index (χ0) is 5.98. The maximum absolute atomic E-state index is 4.09. The van der Waals surface area contributed by atoms with Gasteiger partial charge in [0.2, 0.25) is 0 Å². The smallest absolute Gasteiger partial charge is 0.121 e. The number of likely N-dealkylation sites (N-methyl/N-ethyl adjacent to an activating group) is 1. The summed E-state index contributed by atoms with van der Waals surface area (Å²) in [6.07, 6.45) is 2.02. The fourth-order valence-electron chi connectivity index (χ4n) is 0.786. The summed E-state index contributed by atoms with van der Waals surface area (Å²) in [6.45, 7) is 2.09. The Kier molecular flexibility index (Phi) is 1.48. The second-order valence-corrected chi connectivity index (χ2v) is 1.97. The van der Waals surface area contributed by atoms with Crippen LogP contribution < -0.4 is 10.6 Å². The highest BCUT2D eigenvalue weighted by Gasteiger charge is 2.15. The molecular weight excluding hydrogens is 102 g/mol. The van der Waals surface area contributed by atoms with Crippen molar-refractivity contribution in [1.29, 1.82) is 0 Å². The van der Waals surface area contributed by atoms with Crippen LogP contribution in [0.2, 0.25) is 0 Å². The first-order valence-corrected chi connectivity index (χ1v) is 2.79. The molecule has 1 aliphatic heterocycles. The number of aliphatic imine (C=N–C) groups is 1. The minimum atomic E-state index is 0.273. The minimum Gasteiger partial charge on any atom is -0.370 e. The average molecular weight is 113 g/mol. The molecule has 1 heterocycles. The Labute approximate surface area is 49.2 Å². The maximum atomic E-state index is 4.09. The molecule has 0 aliphatic carbocycles. The van der Waals surface area contributed by atoms with Crippen LogP contribution in [0.5, 0.6) is 0 Å². The predicted octanol–water partition coefficient (Wildman–Crippen LogP) is -0.448. The van der Waals surface area contributed by atoms with Gasteiger partial charge in [-0.1, -0.05) is 0 Å². The largest absolute Gasteiger partial charge is 0.370 e. The van der Waals surface area contributed by atoms with E-state index in [1.54, 1.807) is 6.34 Å². The molecule has 0 saturated heterocycles. The van der Waals surface area contributed by atoms with Gasteiger partial charge in [0.1, 0.15) is 6.17 Å². The summed E-state index contributed by atoms with van der Waals surface area (Å²) < 4.78 is 0. The summed E-state index contributed by atoms with van der Waals surface area (Å²) in [4.78, 5) is 4.09. The summed E-state index contributed by atoms with van der Waals surface area (Å²) >= 11 is 0. The number of hydrogen-bond acceptors (Lipinski definition) is 3. The van der Waals surface area contributed by atoms with Crippen LogP contribution in [0, 0.1) is 0 Å². The zero-order valence-corrected chi connectivity index (χ0v) is 5.18. The van der Waals surface area contributed by atoms with Crippen LogP contribution >= 0.6 is 0 Å². The van der Waals surface area contributed by atoms with E-state index in [4.69, 9.17) is 0 Å². The van der Waals surface area contributed by atoms with Gasteiger partial charge in [0.15, 0.2) is 0 Å². The SMILES string of the molecule is CNC1N=CNC1C. The lowest BCUT2D eigenvalue weighted by Crippen LogP contribution is -2.36. The van der Waals surface area contributed by atoms with E-state index in [0.29, 0.717) is 6.04 Å². The van der Waals surface area contributed by atoms with Crippen LogP contribution in [0.15, 0.2) is 4.99 Å². The molecule has 0 amide bonds. The summed E-state index contributed by atoms with van der Waals surface area (Å²) in [5, 5.41) is 6.12. The zero-order valence-electron chi connectivity index (χ0n) is 5.18. The molecule has 0 saturated carbocycles. The molecule has 0 bridgehead atoms. The van der Waals surface area contributed by atoms with Crippen molar-refractivity contribution in [3.63, 3.8) is 0 Å². The Hall–Kier alpha value is -0.570. The van der Waals surface area contributed by atoms with Crippen molar-refractivity contribution >= 4 is 6.34 Å². The van der Waals surface area contributed by atoms with Crippen molar-refractivity contribution in [2.24, 2.45) is 4.99 Å². The van der Waals surface area contributed by atoms with Gasteiger partial charge in [-0.3, -0.25) is 10.3 Å². The van der Waals surface area contributed by atoms with E-state index >= 15 is 0 Å². The summed E-state index contributed by atoms with van der Waals surface area (Å²) in [6, 6.07) is 0.444. The molecule has 3 heteroatoms. The molecule has 0 radical (unpaired) electrons. The molecule has 0 aromatic carbocycles. The third kappa shape index (κ3) is 0.816. The average Bonchev–Trinajstić information content (AvgIpc) is 2.14. The number of hydrogen-bond donors (Lipinski definition) is 2. The molecule has 2 atom stereocenters. The molecule has 0 spiro atoms. The molecule has 0 fully saturated rings. The third-order valence-corrected chi connectivity index (χ3v) is 1.34. The van der Waals surface area contributed by atoms with Gasteiger partial charge >= 0.3 is 0 Å². The van der Waals surface area contributed by atoms with E-state index in [9.17, 15) is 0 Å². The normalized spacial score (nSPS) is 35.2. The number of nitrogens with one attached hydrogen (secondary N) is 2. The first-order chi connectivity index (χ1) is 3.84. The fraction of sp³-hybridized carbons (Fsp3) is 0.800. The predicted molar refractivity (Wildman–Crippen MR) is 33.9 cm³/mol. The molecule has 3 nitrogen and oxygen atoms in total. The van der Waals surface area contributed by atoms with Crippen LogP contribution in [-0.4, -0.2) is 25.6 Å². The second kappa shape index (κ2) is 2.13. The van der Waals surface area contributed by atoms with Gasteiger partial charge in [-0.25, -0.2) is 0 Å². The standard InChI is InChI=1S/C5H11N3/c1-4-5(6-2)8-3-7-4/h3-6H,1-2H3,(H,7,8). The van der Waals surface area contributed by atoms with Gasteiger partial charge in [0.05, 0.1) is 12.4 Å². The van der Waals surface area contributed by atoms with Gasteiger partial charge in [-0.05, 0) is 14.0 Å². The minimum absolute atomic E-state index is 0.273. The van der Waals surface area contributed by atoms with Crippen LogP contribution in [-0.2, 0) is 0 Å². The molecule has 1 rings (SSSR count). The first kappa shape index (κ1) is 5.56. The van der Waals surface area contributed by atoms with Crippen LogP contribution in [0.25, 0.3) is 0 Å². The Morgan fingerprint density at radius 3 is 2.75 bits per heavy atom. The van der Waals surface area contributed by atoms with E-state index in [2.05, 4.69) is 22.5 Å². The van der Waals surface area contributed by atoms with E-state index in [-0.39, 0.29) is 6.17 Å². The highest BCUT2D eigenvalue weighted by molar-refractivity contribution is 5.57. The lowest BCUT2D eigenvalue weighted by atomic mass is 10.3. The molecule has 8 heavy (non-hydrogen) atoms. The molecule has 46 valence electrons. The number of rotatable bonds is 1. The quantitative estimate of drug-likeness (QED) is 0.483. The molecule has 2 unspecified atom stereocenters. The van der Waals surface area contributed by atoms with Crippen molar-refractivity contribution in [3.8, 4) is 0 Å². The van der Waals surface area contributed by atoms with Gasteiger partial charge in [0, 0.05) is 0 Å². The molecular formula is C5H11N3. The van der Waals surface area contributed by atoms with E-state index < -0.39 is 0 Å². The van der Waals surface area contributed by atoms with E-state index in [1.165, 1.54) is 0 Å². The van der Waals surface area contributed by atoms with Crippen molar-refractivity contribution in [2.45, 2.75) is 19.1 Å². The van der Waals surface area contributed by atoms with E-state index in [0.717, 1.165) is 0 Å². The molecule has 0 aromatic heterocycles. The van der Waals surface area contributed by atoms with Crippen molar-refractivity contribution in [1.82, 2.24) is 10.6 Å². The van der Waals surface area contributed by atoms with Crippen molar-refractivity contribution in [3.05, 3.63) is 0 Å². The molecule has 1 aliphatic rings. The Balaban J connectivity index is 2.41. The molecule has 0 aromatic rings.